The molecule has 0 unspecified atom stereocenters. The number of fused-ring (bicyclic) bond motifs is 1. The van der Waals surface area contributed by atoms with E-state index in [4.69, 9.17) is 5.73 Å². The molecule has 3 aromatic carbocycles. The SMILES string of the molecule is Nc1c2c(-c3cccc(F)c3F)nc(NCCc3ccccc3)nc2nn1Cc1ccccc1. The molecule has 0 radical (unpaired) electrons. The summed E-state index contributed by atoms with van der Waals surface area (Å²) in [6.07, 6.45) is 0.747. The van der Waals surface area contributed by atoms with Gasteiger partial charge in [-0.1, -0.05) is 66.7 Å². The van der Waals surface area contributed by atoms with Gasteiger partial charge >= 0.3 is 0 Å². The van der Waals surface area contributed by atoms with E-state index < -0.39 is 11.6 Å². The monoisotopic (exact) mass is 456 g/mol. The van der Waals surface area contributed by atoms with Crippen molar-refractivity contribution in [2.75, 3.05) is 17.6 Å². The smallest absolute Gasteiger partial charge is 0.225 e. The summed E-state index contributed by atoms with van der Waals surface area (Å²) < 4.78 is 30.4. The summed E-state index contributed by atoms with van der Waals surface area (Å²) in [4.78, 5) is 9.04. The summed E-state index contributed by atoms with van der Waals surface area (Å²) in [5, 5.41) is 8.12. The second-order valence-corrected chi connectivity index (χ2v) is 7.89. The van der Waals surface area contributed by atoms with Crippen LogP contribution >= 0.6 is 0 Å². The Morgan fingerprint density at radius 1 is 0.824 bits per heavy atom. The van der Waals surface area contributed by atoms with Crippen molar-refractivity contribution in [1.29, 1.82) is 0 Å². The van der Waals surface area contributed by atoms with Crippen molar-refractivity contribution in [1.82, 2.24) is 19.7 Å². The van der Waals surface area contributed by atoms with Crippen molar-refractivity contribution in [3.8, 4) is 11.3 Å². The molecule has 0 aliphatic heterocycles. The molecule has 5 aromatic rings. The van der Waals surface area contributed by atoms with E-state index in [-0.39, 0.29) is 23.0 Å². The molecule has 0 fully saturated rings. The minimum absolute atomic E-state index is 0.00414. The first-order chi connectivity index (χ1) is 16.6. The number of nitrogens with zero attached hydrogens (tertiary/aromatic N) is 4. The molecule has 2 aromatic heterocycles. The maximum absolute atomic E-state index is 14.8. The molecule has 0 aliphatic carbocycles. The molecule has 0 bridgehead atoms. The number of aromatic nitrogens is 4. The van der Waals surface area contributed by atoms with E-state index in [1.807, 2.05) is 60.7 Å². The fraction of sp³-hybridized carbons (Fsp3) is 0.115. The molecule has 0 amide bonds. The number of nitrogen functional groups attached to an aromatic ring is 1. The van der Waals surface area contributed by atoms with Gasteiger partial charge in [-0.05, 0) is 29.7 Å². The van der Waals surface area contributed by atoms with Crippen LogP contribution in [0.25, 0.3) is 22.3 Å². The van der Waals surface area contributed by atoms with Crippen LogP contribution in [0, 0.1) is 11.6 Å². The molecule has 0 saturated heterocycles. The minimum atomic E-state index is -0.993. The van der Waals surface area contributed by atoms with Crippen molar-refractivity contribution in [3.05, 3.63) is 102 Å². The lowest BCUT2D eigenvalue weighted by atomic mass is 10.1. The molecular formula is C26H22F2N6. The summed E-state index contributed by atoms with van der Waals surface area (Å²) in [5.74, 6) is -1.40. The molecule has 170 valence electrons. The molecule has 3 N–H and O–H groups in total. The highest BCUT2D eigenvalue weighted by Gasteiger charge is 2.21. The van der Waals surface area contributed by atoms with Crippen LogP contribution in [0.2, 0.25) is 0 Å². The fourth-order valence-electron chi connectivity index (χ4n) is 3.86. The van der Waals surface area contributed by atoms with Crippen LogP contribution in [0.15, 0.2) is 78.9 Å². The quantitative estimate of drug-likeness (QED) is 0.358. The maximum Gasteiger partial charge on any atom is 0.225 e. The van der Waals surface area contributed by atoms with Gasteiger partial charge in [-0.25, -0.2) is 18.4 Å². The Morgan fingerprint density at radius 3 is 2.26 bits per heavy atom. The normalized spacial score (nSPS) is 11.1. The lowest BCUT2D eigenvalue weighted by molar-refractivity contribution is 0.511. The molecular weight excluding hydrogens is 434 g/mol. The first-order valence-electron chi connectivity index (χ1n) is 10.9. The number of halogens is 2. The van der Waals surface area contributed by atoms with Crippen LogP contribution in [0.5, 0.6) is 0 Å². The van der Waals surface area contributed by atoms with Crippen molar-refractivity contribution in [2.45, 2.75) is 13.0 Å². The molecule has 0 spiro atoms. The topological polar surface area (TPSA) is 81.7 Å². The largest absolute Gasteiger partial charge is 0.383 e. The van der Waals surface area contributed by atoms with E-state index in [1.165, 1.54) is 12.1 Å². The average Bonchev–Trinajstić information content (AvgIpc) is 3.16. The van der Waals surface area contributed by atoms with Crippen LogP contribution in [0.1, 0.15) is 11.1 Å². The Kier molecular flexibility index (Phi) is 5.86. The van der Waals surface area contributed by atoms with E-state index in [0.29, 0.717) is 24.1 Å². The molecule has 0 aliphatic rings. The predicted octanol–water partition coefficient (Wildman–Crippen LogP) is 5.06. The van der Waals surface area contributed by atoms with Gasteiger partial charge in [-0.3, -0.25) is 0 Å². The Bertz CT molecular complexity index is 1430. The molecule has 5 rings (SSSR count). The number of benzene rings is 3. The highest BCUT2D eigenvalue weighted by atomic mass is 19.2. The second-order valence-electron chi connectivity index (χ2n) is 7.89. The number of hydrogen-bond acceptors (Lipinski definition) is 5. The lowest BCUT2D eigenvalue weighted by Crippen LogP contribution is -2.09. The number of rotatable bonds is 7. The predicted molar refractivity (Wildman–Crippen MR) is 129 cm³/mol. The van der Waals surface area contributed by atoms with Crippen LogP contribution in [-0.2, 0) is 13.0 Å². The van der Waals surface area contributed by atoms with E-state index in [1.54, 1.807) is 4.68 Å². The fourth-order valence-corrected chi connectivity index (χ4v) is 3.86. The van der Waals surface area contributed by atoms with Gasteiger partial charge in [-0.2, -0.15) is 4.98 Å². The molecule has 34 heavy (non-hydrogen) atoms. The molecule has 6 nitrogen and oxygen atoms in total. The van der Waals surface area contributed by atoms with Crippen molar-refractivity contribution in [3.63, 3.8) is 0 Å². The van der Waals surface area contributed by atoms with Gasteiger partial charge in [-0.15, -0.1) is 5.10 Å². The van der Waals surface area contributed by atoms with Gasteiger partial charge in [0, 0.05) is 12.1 Å². The van der Waals surface area contributed by atoms with Crippen LogP contribution < -0.4 is 11.1 Å². The summed E-state index contributed by atoms with van der Waals surface area (Å²) in [6, 6.07) is 23.7. The van der Waals surface area contributed by atoms with Gasteiger partial charge in [0.2, 0.25) is 5.95 Å². The van der Waals surface area contributed by atoms with Crippen LogP contribution in [-0.4, -0.2) is 26.3 Å². The summed E-state index contributed by atoms with van der Waals surface area (Å²) in [5.41, 5.74) is 9.08. The first kappa shape index (κ1) is 21.5. The first-order valence-corrected chi connectivity index (χ1v) is 10.9. The zero-order valence-electron chi connectivity index (χ0n) is 18.2. The number of nitrogens with one attached hydrogen (secondary N) is 1. The number of nitrogens with two attached hydrogens (primary N) is 1. The van der Waals surface area contributed by atoms with E-state index in [9.17, 15) is 8.78 Å². The summed E-state index contributed by atoms with van der Waals surface area (Å²) >= 11 is 0. The highest BCUT2D eigenvalue weighted by molar-refractivity contribution is 5.99. The van der Waals surface area contributed by atoms with Crippen molar-refractivity contribution >= 4 is 22.8 Å². The molecule has 0 atom stereocenters. The molecule has 2 heterocycles. The third-order valence-corrected chi connectivity index (χ3v) is 5.56. The van der Waals surface area contributed by atoms with Gasteiger partial charge in [0.25, 0.3) is 0 Å². The summed E-state index contributed by atoms with van der Waals surface area (Å²) in [6.45, 7) is 0.964. The third-order valence-electron chi connectivity index (χ3n) is 5.56. The minimum Gasteiger partial charge on any atom is -0.383 e. The van der Waals surface area contributed by atoms with Crippen LogP contribution in [0.3, 0.4) is 0 Å². The van der Waals surface area contributed by atoms with Crippen LogP contribution in [0.4, 0.5) is 20.5 Å². The summed E-state index contributed by atoms with van der Waals surface area (Å²) in [7, 11) is 0. The van der Waals surface area contributed by atoms with E-state index >= 15 is 0 Å². The zero-order chi connectivity index (χ0) is 23.5. The second kappa shape index (κ2) is 9.27. The van der Waals surface area contributed by atoms with E-state index in [0.717, 1.165) is 23.6 Å². The maximum atomic E-state index is 14.8. The van der Waals surface area contributed by atoms with Crippen molar-refractivity contribution in [2.24, 2.45) is 0 Å². The Morgan fingerprint density at radius 2 is 1.53 bits per heavy atom. The highest BCUT2D eigenvalue weighted by Crippen LogP contribution is 2.33. The number of anilines is 2. The van der Waals surface area contributed by atoms with Gasteiger partial charge in [0.15, 0.2) is 17.3 Å². The standard InChI is InChI=1S/C26H22F2N6/c27-20-13-7-12-19(22(20)28)23-21-24(29)34(16-18-10-5-2-6-11-18)33-25(21)32-26(31-23)30-15-14-17-8-3-1-4-9-17/h1-13H,14-16,29H2,(H,30,32,33). The lowest BCUT2D eigenvalue weighted by Gasteiger charge is -2.10. The average molecular weight is 457 g/mol. The Labute approximate surface area is 195 Å². The number of hydrogen-bond donors (Lipinski definition) is 2. The molecule has 8 heteroatoms. The third kappa shape index (κ3) is 4.30. The van der Waals surface area contributed by atoms with E-state index in [2.05, 4.69) is 20.4 Å². The van der Waals surface area contributed by atoms with Gasteiger partial charge in [0.05, 0.1) is 17.6 Å². The van der Waals surface area contributed by atoms with Crippen molar-refractivity contribution < 1.29 is 8.78 Å². The van der Waals surface area contributed by atoms with Gasteiger partial charge < -0.3 is 11.1 Å². The van der Waals surface area contributed by atoms with Gasteiger partial charge in [0.1, 0.15) is 5.82 Å². The Hall–Kier alpha value is -4.33. The molecule has 0 saturated carbocycles. The zero-order valence-corrected chi connectivity index (χ0v) is 18.2. The Balaban J connectivity index is 1.56.